The number of carbonyl (C=O) groups is 4. The Bertz CT molecular complexity index is 666. The van der Waals surface area contributed by atoms with Gasteiger partial charge in [0.15, 0.2) is 6.61 Å². The van der Waals surface area contributed by atoms with Gasteiger partial charge >= 0.3 is 12.0 Å². The van der Waals surface area contributed by atoms with E-state index in [0.717, 1.165) is 62.7 Å². The Labute approximate surface area is 177 Å². The van der Waals surface area contributed by atoms with Crippen molar-refractivity contribution in [3.63, 3.8) is 0 Å². The predicted molar refractivity (Wildman–Crippen MR) is 108 cm³/mol. The van der Waals surface area contributed by atoms with Crippen molar-refractivity contribution < 1.29 is 23.9 Å². The molecule has 0 aromatic heterocycles. The Balaban J connectivity index is 1.11. The number of esters is 1. The maximum atomic E-state index is 12.4. The third-order valence-electron chi connectivity index (χ3n) is 7.44. The number of rotatable bonds is 7. The van der Waals surface area contributed by atoms with Crippen LogP contribution in [0.1, 0.15) is 70.6 Å². The van der Waals surface area contributed by atoms with Crippen LogP contribution >= 0.6 is 0 Å². The first-order chi connectivity index (χ1) is 14.4. The van der Waals surface area contributed by atoms with Crippen LogP contribution in [-0.4, -0.2) is 43.0 Å². The molecule has 0 unspecified atom stereocenters. The average Bonchev–Trinajstić information content (AvgIpc) is 3.16. The standard InChI is InChI=1S/C22H33N3O5/c26-18(11-22-8-14-5-15(9-22)7-16(6-14)10-22)23-12-20(28)30-13-19(27)25-21(29)24-17-3-1-2-4-17/h14-17H,1-13H2,(H,23,26)(H2,24,25,27,29). The highest BCUT2D eigenvalue weighted by molar-refractivity contribution is 5.95. The predicted octanol–water partition coefficient (Wildman–Crippen LogP) is 2.02. The van der Waals surface area contributed by atoms with Gasteiger partial charge in [-0.3, -0.25) is 19.7 Å². The highest BCUT2D eigenvalue weighted by Gasteiger charge is 2.51. The second-order valence-electron chi connectivity index (χ2n) is 10.0. The van der Waals surface area contributed by atoms with Crippen LogP contribution in [0.15, 0.2) is 0 Å². The minimum atomic E-state index is -0.682. The number of carbonyl (C=O) groups excluding carboxylic acids is 4. The highest BCUT2D eigenvalue weighted by atomic mass is 16.5. The van der Waals surface area contributed by atoms with Crippen molar-refractivity contribution in [1.82, 2.24) is 16.0 Å². The smallest absolute Gasteiger partial charge is 0.325 e. The molecule has 0 atom stereocenters. The van der Waals surface area contributed by atoms with Crippen LogP contribution in [-0.2, 0) is 19.1 Å². The van der Waals surface area contributed by atoms with Gasteiger partial charge in [-0.05, 0) is 74.5 Å². The van der Waals surface area contributed by atoms with Crippen LogP contribution in [0.25, 0.3) is 0 Å². The van der Waals surface area contributed by atoms with Gasteiger partial charge in [-0.1, -0.05) is 12.8 Å². The summed E-state index contributed by atoms with van der Waals surface area (Å²) in [6, 6.07) is -0.462. The van der Waals surface area contributed by atoms with Crippen LogP contribution in [0.4, 0.5) is 4.79 Å². The fourth-order valence-corrected chi connectivity index (χ4v) is 6.73. The second kappa shape index (κ2) is 8.94. The molecule has 5 rings (SSSR count). The number of amides is 4. The Morgan fingerprint density at radius 3 is 2.07 bits per heavy atom. The van der Waals surface area contributed by atoms with E-state index >= 15 is 0 Å². The van der Waals surface area contributed by atoms with Crippen LogP contribution in [0, 0.1) is 23.2 Å². The molecule has 5 aliphatic rings. The van der Waals surface area contributed by atoms with Crippen LogP contribution in [0.5, 0.6) is 0 Å². The molecule has 4 bridgehead atoms. The molecule has 5 fully saturated rings. The molecule has 3 N–H and O–H groups in total. The summed E-state index contributed by atoms with van der Waals surface area (Å²) in [5.74, 6) is 0.850. The van der Waals surface area contributed by atoms with E-state index in [1.54, 1.807) is 0 Å². The first-order valence-electron chi connectivity index (χ1n) is 11.4. The molecular formula is C22H33N3O5. The zero-order valence-corrected chi connectivity index (χ0v) is 17.5. The van der Waals surface area contributed by atoms with Gasteiger partial charge in [-0.15, -0.1) is 0 Å². The number of imide groups is 1. The number of hydrogen-bond donors (Lipinski definition) is 3. The minimum Gasteiger partial charge on any atom is -0.454 e. The van der Waals surface area contributed by atoms with Gasteiger partial charge in [0.1, 0.15) is 6.54 Å². The van der Waals surface area contributed by atoms with Gasteiger partial charge in [-0.25, -0.2) is 4.79 Å². The molecule has 4 amide bonds. The van der Waals surface area contributed by atoms with Crippen molar-refractivity contribution in [2.75, 3.05) is 13.2 Å². The number of urea groups is 1. The second-order valence-corrected chi connectivity index (χ2v) is 10.0. The Morgan fingerprint density at radius 1 is 0.867 bits per heavy atom. The summed E-state index contributed by atoms with van der Waals surface area (Å²) < 4.78 is 4.87. The van der Waals surface area contributed by atoms with Crippen LogP contribution in [0.2, 0.25) is 0 Å². The third-order valence-corrected chi connectivity index (χ3v) is 7.44. The normalized spacial score (nSPS) is 31.9. The van der Waals surface area contributed by atoms with Crippen molar-refractivity contribution in [2.45, 2.75) is 76.7 Å². The summed E-state index contributed by atoms with van der Waals surface area (Å²) >= 11 is 0. The van der Waals surface area contributed by atoms with E-state index in [9.17, 15) is 19.2 Å². The fraction of sp³-hybridized carbons (Fsp3) is 0.818. The molecule has 0 radical (unpaired) electrons. The molecule has 8 heteroatoms. The summed E-state index contributed by atoms with van der Waals surface area (Å²) in [5, 5.41) is 7.54. The lowest BCUT2D eigenvalue weighted by atomic mass is 9.49. The molecule has 5 aliphatic carbocycles. The Hall–Kier alpha value is -2.12. The van der Waals surface area contributed by atoms with Gasteiger partial charge in [0.25, 0.3) is 5.91 Å². The molecule has 0 spiro atoms. The van der Waals surface area contributed by atoms with E-state index in [1.165, 1.54) is 19.3 Å². The van der Waals surface area contributed by atoms with Gasteiger partial charge in [0.2, 0.25) is 5.91 Å². The molecule has 0 aliphatic heterocycles. The van der Waals surface area contributed by atoms with Gasteiger partial charge in [0.05, 0.1) is 0 Å². The van der Waals surface area contributed by atoms with Crippen molar-refractivity contribution in [2.24, 2.45) is 23.2 Å². The van der Waals surface area contributed by atoms with E-state index in [1.807, 2.05) is 0 Å². The lowest BCUT2D eigenvalue weighted by Crippen LogP contribution is -2.48. The van der Waals surface area contributed by atoms with Crippen molar-refractivity contribution in [3.05, 3.63) is 0 Å². The Kier molecular flexibility index (Phi) is 6.29. The molecule has 0 saturated heterocycles. The minimum absolute atomic E-state index is 0.101. The molecule has 0 aromatic carbocycles. The van der Waals surface area contributed by atoms with Gasteiger partial charge in [0, 0.05) is 12.5 Å². The van der Waals surface area contributed by atoms with Crippen molar-refractivity contribution in [3.8, 4) is 0 Å². The third kappa shape index (κ3) is 5.32. The number of ether oxygens (including phenoxy) is 1. The first-order valence-corrected chi connectivity index (χ1v) is 11.4. The summed E-state index contributed by atoms with van der Waals surface area (Å²) in [7, 11) is 0. The Morgan fingerprint density at radius 2 is 1.47 bits per heavy atom. The maximum Gasteiger partial charge on any atom is 0.325 e. The molecule has 166 valence electrons. The molecular weight excluding hydrogens is 386 g/mol. The summed E-state index contributed by atoms with van der Waals surface area (Å²) in [6.07, 6.45) is 11.9. The zero-order chi connectivity index (χ0) is 21.1. The quantitative estimate of drug-likeness (QED) is 0.547. The average molecular weight is 420 g/mol. The van der Waals surface area contributed by atoms with E-state index in [4.69, 9.17) is 4.74 Å². The first kappa shape index (κ1) is 21.1. The molecule has 0 heterocycles. The number of nitrogens with one attached hydrogen (secondary N) is 3. The van der Waals surface area contributed by atoms with Crippen LogP contribution < -0.4 is 16.0 Å². The largest absolute Gasteiger partial charge is 0.454 e. The van der Waals surface area contributed by atoms with Crippen molar-refractivity contribution in [1.29, 1.82) is 0 Å². The van der Waals surface area contributed by atoms with E-state index < -0.39 is 24.5 Å². The van der Waals surface area contributed by atoms with Gasteiger partial charge < -0.3 is 15.4 Å². The monoisotopic (exact) mass is 419 g/mol. The number of hydrogen-bond acceptors (Lipinski definition) is 5. The van der Waals surface area contributed by atoms with Gasteiger partial charge in [-0.2, -0.15) is 0 Å². The van der Waals surface area contributed by atoms with E-state index in [2.05, 4.69) is 16.0 Å². The highest BCUT2D eigenvalue weighted by Crippen LogP contribution is 2.61. The lowest BCUT2D eigenvalue weighted by molar-refractivity contribution is -0.148. The maximum absolute atomic E-state index is 12.4. The molecule has 30 heavy (non-hydrogen) atoms. The summed E-state index contributed by atoms with van der Waals surface area (Å²) in [4.78, 5) is 47.8. The molecule has 8 nitrogen and oxygen atoms in total. The summed E-state index contributed by atoms with van der Waals surface area (Å²) in [5.41, 5.74) is 0.120. The molecule has 0 aromatic rings. The zero-order valence-electron chi connectivity index (χ0n) is 17.5. The fourth-order valence-electron chi connectivity index (χ4n) is 6.73. The SMILES string of the molecule is O=C(CC12CC3CC(CC(C3)C1)C2)NCC(=O)OCC(=O)NC(=O)NC1CCCC1. The molecule has 5 saturated carbocycles. The van der Waals surface area contributed by atoms with Crippen LogP contribution in [0.3, 0.4) is 0 Å². The van der Waals surface area contributed by atoms with Crippen molar-refractivity contribution >= 4 is 23.8 Å². The van der Waals surface area contributed by atoms with E-state index in [0.29, 0.717) is 6.42 Å². The lowest BCUT2D eigenvalue weighted by Gasteiger charge is -2.56. The topological polar surface area (TPSA) is 114 Å². The van der Waals surface area contributed by atoms with E-state index in [-0.39, 0.29) is 23.9 Å². The summed E-state index contributed by atoms with van der Waals surface area (Å²) in [6.45, 7) is -0.797.